The van der Waals surface area contributed by atoms with Gasteiger partial charge in [0.25, 0.3) is 0 Å². The molecule has 114 valence electrons. The second-order valence-corrected chi connectivity index (χ2v) is 7.35. The van der Waals surface area contributed by atoms with Crippen molar-refractivity contribution in [3.8, 4) is 11.8 Å². The molecule has 5 heteroatoms. The van der Waals surface area contributed by atoms with E-state index in [1.165, 1.54) is 0 Å². The Morgan fingerprint density at radius 2 is 2.05 bits per heavy atom. The third-order valence-electron chi connectivity index (χ3n) is 3.81. The Morgan fingerprint density at radius 3 is 2.81 bits per heavy atom. The van der Waals surface area contributed by atoms with Crippen molar-refractivity contribution in [3.05, 3.63) is 29.8 Å². The predicted molar refractivity (Wildman–Crippen MR) is 84.1 cm³/mol. The molecule has 1 aromatic carbocycles. The lowest BCUT2D eigenvalue weighted by atomic mass is 10.0. The largest absolute Gasteiger partial charge is 0.320 e. The van der Waals surface area contributed by atoms with E-state index in [4.69, 9.17) is 5.73 Å². The van der Waals surface area contributed by atoms with Crippen LogP contribution in [0.25, 0.3) is 0 Å². The topological polar surface area (TPSA) is 63.4 Å². The number of nitrogens with zero attached hydrogens (tertiary/aromatic N) is 1. The van der Waals surface area contributed by atoms with Gasteiger partial charge in [-0.25, -0.2) is 8.42 Å². The second kappa shape index (κ2) is 7.08. The fraction of sp³-hybridized carbons (Fsp3) is 0.500. The molecular weight excluding hydrogens is 284 g/mol. The molecule has 0 bridgehead atoms. The molecule has 2 N–H and O–H groups in total. The molecule has 0 saturated carbocycles. The van der Waals surface area contributed by atoms with E-state index in [0.29, 0.717) is 29.5 Å². The van der Waals surface area contributed by atoms with Crippen LogP contribution in [-0.4, -0.2) is 32.4 Å². The van der Waals surface area contributed by atoms with Gasteiger partial charge in [-0.15, -0.1) is 0 Å². The molecule has 1 unspecified atom stereocenters. The van der Waals surface area contributed by atoms with Gasteiger partial charge in [-0.2, -0.15) is 4.31 Å². The highest BCUT2D eigenvalue weighted by Gasteiger charge is 2.28. The molecular formula is C16H22N2O2S. The maximum absolute atomic E-state index is 12.9. The highest BCUT2D eigenvalue weighted by atomic mass is 32.2. The summed E-state index contributed by atoms with van der Waals surface area (Å²) < 4.78 is 27.3. The SMILES string of the molecule is CC1CCCN(S(=O)(=O)c2ccccc2C#CCN)CC1. The van der Waals surface area contributed by atoms with Gasteiger partial charge < -0.3 is 5.73 Å². The summed E-state index contributed by atoms with van der Waals surface area (Å²) in [6.45, 7) is 3.57. The molecule has 1 fully saturated rings. The smallest absolute Gasteiger partial charge is 0.244 e. The molecule has 0 spiro atoms. The van der Waals surface area contributed by atoms with Crippen molar-refractivity contribution < 1.29 is 8.42 Å². The van der Waals surface area contributed by atoms with Gasteiger partial charge in [0.05, 0.1) is 11.4 Å². The number of nitrogens with two attached hydrogens (primary N) is 1. The number of hydrogen-bond donors (Lipinski definition) is 1. The molecule has 0 amide bonds. The van der Waals surface area contributed by atoms with Crippen LogP contribution < -0.4 is 5.73 Å². The Balaban J connectivity index is 2.35. The summed E-state index contributed by atoms with van der Waals surface area (Å²) in [6, 6.07) is 6.89. The minimum absolute atomic E-state index is 0.218. The normalized spacial score (nSPS) is 20.4. The summed E-state index contributed by atoms with van der Waals surface area (Å²) in [5.74, 6) is 6.18. The molecule has 2 rings (SSSR count). The van der Waals surface area contributed by atoms with Crippen molar-refractivity contribution in [2.75, 3.05) is 19.6 Å². The van der Waals surface area contributed by atoms with Crippen molar-refractivity contribution >= 4 is 10.0 Å². The zero-order valence-electron chi connectivity index (χ0n) is 12.4. The molecule has 21 heavy (non-hydrogen) atoms. The highest BCUT2D eigenvalue weighted by molar-refractivity contribution is 7.89. The predicted octanol–water partition coefficient (Wildman–Crippen LogP) is 1.81. The van der Waals surface area contributed by atoms with Crippen LogP contribution in [0.2, 0.25) is 0 Å². The molecule has 1 aliphatic rings. The second-order valence-electron chi connectivity index (χ2n) is 5.44. The van der Waals surface area contributed by atoms with Crippen molar-refractivity contribution in [2.45, 2.75) is 31.1 Å². The van der Waals surface area contributed by atoms with Gasteiger partial charge in [-0.3, -0.25) is 0 Å². The summed E-state index contributed by atoms with van der Waals surface area (Å²) in [6.07, 6.45) is 2.91. The summed E-state index contributed by atoms with van der Waals surface area (Å²) in [5.41, 5.74) is 5.91. The molecule has 1 atom stereocenters. The van der Waals surface area contributed by atoms with E-state index in [2.05, 4.69) is 18.8 Å². The lowest BCUT2D eigenvalue weighted by Crippen LogP contribution is -2.32. The first kappa shape index (κ1) is 16.0. The Bertz CT molecular complexity index is 644. The summed E-state index contributed by atoms with van der Waals surface area (Å²) in [5, 5.41) is 0. The Kier molecular flexibility index (Phi) is 5.40. The Hall–Kier alpha value is -1.35. The standard InChI is InChI=1S/C16H22N2O2S/c1-14-6-5-12-18(13-10-14)21(19,20)16-9-3-2-7-15(16)8-4-11-17/h2-3,7,9,14H,5-6,10-13,17H2,1H3. The first-order valence-electron chi connectivity index (χ1n) is 7.34. The summed E-state index contributed by atoms with van der Waals surface area (Å²) in [7, 11) is -3.48. The average molecular weight is 306 g/mol. The van der Waals surface area contributed by atoms with E-state index < -0.39 is 10.0 Å². The number of benzene rings is 1. The highest BCUT2D eigenvalue weighted by Crippen LogP contribution is 2.24. The van der Waals surface area contributed by atoms with Crippen molar-refractivity contribution in [1.82, 2.24) is 4.31 Å². The molecule has 1 aromatic rings. The summed E-state index contributed by atoms with van der Waals surface area (Å²) >= 11 is 0. The van der Waals surface area contributed by atoms with Crippen LogP contribution in [-0.2, 0) is 10.0 Å². The molecule has 1 saturated heterocycles. The quantitative estimate of drug-likeness (QED) is 0.848. The Labute approximate surface area is 127 Å². The van der Waals surface area contributed by atoms with Crippen LogP contribution in [0.1, 0.15) is 31.7 Å². The molecule has 0 aliphatic carbocycles. The van der Waals surface area contributed by atoms with Crippen LogP contribution in [0.3, 0.4) is 0 Å². The van der Waals surface area contributed by atoms with E-state index in [1.54, 1.807) is 28.6 Å². The fourth-order valence-corrected chi connectivity index (χ4v) is 4.20. The van der Waals surface area contributed by atoms with Crippen LogP contribution in [0.15, 0.2) is 29.2 Å². The lowest BCUT2D eigenvalue weighted by Gasteiger charge is -2.20. The zero-order chi connectivity index (χ0) is 15.3. The third kappa shape index (κ3) is 3.85. The first-order valence-corrected chi connectivity index (χ1v) is 8.78. The maximum atomic E-state index is 12.9. The fourth-order valence-electron chi connectivity index (χ4n) is 2.56. The van der Waals surface area contributed by atoms with E-state index in [0.717, 1.165) is 19.3 Å². The van der Waals surface area contributed by atoms with Crippen molar-refractivity contribution in [2.24, 2.45) is 11.7 Å². The maximum Gasteiger partial charge on any atom is 0.244 e. The van der Waals surface area contributed by atoms with E-state index in [-0.39, 0.29) is 6.54 Å². The van der Waals surface area contributed by atoms with Crippen LogP contribution in [0.5, 0.6) is 0 Å². The van der Waals surface area contributed by atoms with Gasteiger partial charge in [-0.1, -0.05) is 30.9 Å². The minimum Gasteiger partial charge on any atom is -0.320 e. The molecule has 1 aliphatic heterocycles. The minimum atomic E-state index is -3.48. The first-order chi connectivity index (χ1) is 10.1. The number of hydrogen-bond acceptors (Lipinski definition) is 3. The molecule has 1 heterocycles. The van der Waals surface area contributed by atoms with Crippen LogP contribution in [0.4, 0.5) is 0 Å². The number of sulfonamides is 1. The average Bonchev–Trinajstić information content (AvgIpc) is 2.70. The Morgan fingerprint density at radius 1 is 1.29 bits per heavy atom. The number of rotatable bonds is 2. The molecule has 0 radical (unpaired) electrons. The van der Waals surface area contributed by atoms with Gasteiger partial charge in [-0.05, 0) is 37.3 Å². The third-order valence-corrected chi connectivity index (χ3v) is 5.76. The van der Waals surface area contributed by atoms with Crippen molar-refractivity contribution in [3.63, 3.8) is 0 Å². The summed E-state index contributed by atoms with van der Waals surface area (Å²) in [4.78, 5) is 0.292. The van der Waals surface area contributed by atoms with Gasteiger partial charge in [0.1, 0.15) is 0 Å². The van der Waals surface area contributed by atoms with Gasteiger partial charge in [0.2, 0.25) is 10.0 Å². The van der Waals surface area contributed by atoms with Gasteiger partial charge in [0.15, 0.2) is 0 Å². The van der Waals surface area contributed by atoms with E-state index >= 15 is 0 Å². The monoisotopic (exact) mass is 306 g/mol. The van der Waals surface area contributed by atoms with E-state index in [1.807, 2.05) is 0 Å². The zero-order valence-corrected chi connectivity index (χ0v) is 13.2. The van der Waals surface area contributed by atoms with Crippen LogP contribution >= 0.6 is 0 Å². The molecule has 0 aromatic heterocycles. The van der Waals surface area contributed by atoms with Crippen LogP contribution in [0, 0.1) is 17.8 Å². The van der Waals surface area contributed by atoms with Crippen molar-refractivity contribution in [1.29, 1.82) is 0 Å². The van der Waals surface area contributed by atoms with Gasteiger partial charge in [0, 0.05) is 18.7 Å². The van der Waals surface area contributed by atoms with E-state index in [9.17, 15) is 8.42 Å². The lowest BCUT2D eigenvalue weighted by molar-refractivity contribution is 0.416. The molecule has 4 nitrogen and oxygen atoms in total. The van der Waals surface area contributed by atoms with Gasteiger partial charge >= 0.3 is 0 Å².